The van der Waals surface area contributed by atoms with E-state index in [1.807, 2.05) is 23.5 Å². The molecule has 26 rings (SSSR count). The smallest absolute Gasteiger partial charge is 0.135 e. The van der Waals surface area contributed by atoms with Crippen molar-refractivity contribution in [1.29, 1.82) is 0 Å². The predicted molar refractivity (Wildman–Crippen MR) is 621 cm³/mol. The molecule has 2 heterocycles. The summed E-state index contributed by atoms with van der Waals surface area (Å²) in [4.78, 5) is 9.61. The molecule has 0 bridgehead atoms. The predicted octanol–water partition coefficient (Wildman–Crippen LogP) is 40.5. The first-order chi connectivity index (χ1) is 72.3. The fourth-order valence-electron chi connectivity index (χ4n) is 20.6. The van der Waals surface area contributed by atoms with Gasteiger partial charge in [0.05, 0.1) is 0 Å². The van der Waals surface area contributed by atoms with Gasteiger partial charge in [-0.2, -0.15) is 0 Å². The van der Waals surface area contributed by atoms with Gasteiger partial charge < -0.3 is 24.0 Å². The molecule has 24 aromatic carbocycles. The van der Waals surface area contributed by atoms with E-state index in [9.17, 15) is 0 Å². The number of thiophene rings is 1. The average Bonchev–Trinajstić information content (AvgIpc) is 1.36. The van der Waals surface area contributed by atoms with Crippen LogP contribution in [0.15, 0.2) is 587 Å². The van der Waals surface area contributed by atoms with E-state index in [1.54, 1.807) is 0 Å². The van der Waals surface area contributed by atoms with Gasteiger partial charge in [0.1, 0.15) is 11.2 Å². The topological polar surface area (TPSA) is 26.1 Å². The van der Waals surface area contributed by atoms with Crippen LogP contribution in [0, 0.1) is 0 Å². The van der Waals surface area contributed by atoms with Crippen molar-refractivity contribution in [2.24, 2.45) is 0 Å². The van der Waals surface area contributed by atoms with Gasteiger partial charge in [0, 0.05) is 99.2 Å². The van der Waals surface area contributed by atoms with Crippen molar-refractivity contribution in [2.75, 3.05) is 19.6 Å². The number of benzene rings is 24. The summed E-state index contributed by atoms with van der Waals surface area (Å²) in [6.07, 6.45) is 0. The Morgan fingerprint density at radius 1 is 0.116 bits per heavy atom. The Morgan fingerprint density at radius 2 is 0.336 bits per heavy atom. The van der Waals surface area contributed by atoms with E-state index in [2.05, 4.69) is 590 Å². The molecule has 0 atom stereocenters. The van der Waals surface area contributed by atoms with E-state index < -0.39 is 0 Å². The Bertz CT molecular complexity index is 8440. The number of hydrogen-bond acceptors (Lipinski definition) is 6. The largest absolute Gasteiger partial charge is 0.456 e. The lowest BCUT2D eigenvalue weighted by Gasteiger charge is -2.31. The van der Waals surface area contributed by atoms with E-state index in [-0.39, 0.29) is 0 Å². The first-order valence-electron chi connectivity index (χ1n) is 49.8. The highest BCUT2D eigenvalue weighted by Crippen LogP contribution is 2.50. The van der Waals surface area contributed by atoms with Crippen LogP contribution in [0.3, 0.4) is 0 Å². The second-order valence-corrected chi connectivity index (χ2v) is 38.2. The molecular formula is C140H96N4OS. The van der Waals surface area contributed by atoms with Crippen LogP contribution in [-0.4, -0.2) is 0 Å². The lowest BCUT2D eigenvalue weighted by atomic mass is 9.98. The fraction of sp³-hybridized carbons (Fsp3) is 0. The zero-order valence-corrected chi connectivity index (χ0v) is 80.8. The maximum absolute atomic E-state index is 6.21. The van der Waals surface area contributed by atoms with Gasteiger partial charge in [0.25, 0.3) is 0 Å². The van der Waals surface area contributed by atoms with Gasteiger partial charge >= 0.3 is 0 Å². The van der Waals surface area contributed by atoms with Crippen LogP contribution in [0.2, 0.25) is 0 Å². The number of nitrogens with zero attached hydrogens (tertiary/aromatic N) is 4. The Kier molecular flexibility index (Phi) is 24.0. The quantitative estimate of drug-likeness (QED) is 0.0674. The third-order valence-electron chi connectivity index (χ3n) is 28.1. The first-order valence-corrected chi connectivity index (χ1v) is 50.6. The van der Waals surface area contributed by atoms with Crippen molar-refractivity contribution >= 4 is 143 Å². The van der Waals surface area contributed by atoms with Crippen LogP contribution in [-0.2, 0) is 0 Å². The summed E-state index contributed by atoms with van der Waals surface area (Å²) in [6.45, 7) is 0. The summed E-state index contributed by atoms with van der Waals surface area (Å²) in [7, 11) is 0. The van der Waals surface area contributed by atoms with Gasteiger partial charge in [-0.05, 0) is 315 Å². The van der Waals surface area contributed by atoms with Crippen molar-refractivity contribution < 1.29 is 4.42 Å². The minimum absolute atomic E-state index is 0.891. The number of rotatable bonds is 22. The summed E-state index contributed by atoms with van der Waals surface area (Å²) < 4.78 is 8.83. The van der Waals surface area contributed by atoms with Crippen LogP contribution in [0.4, 0.5) is 68.2 Å². The van der Waals surface area contributed by atoms with Crippen molar-refractivity contribution in [1.82, 2.24) is 0 Å². The van der Waals surface area contributed by atoms with Crippen LogP contribution >= 0.6 is 11.3 Å². The molecule has 0 aliphatic rings. The zero-order valence-electron chi connectivity index (χ0n) is 80.0. The van der Waals surface area contributed by atoms with E-state index >= 15 is 0 Å². The summed E-state index contributed by atoms with van der Waals surface area (Å²) >= 11 is 1.86. The molecule has 5 nitrogen and oxygen atoms in total. The molecule has 2 aromatic heterocycles. The van der Waals surface area contributed by atoms with Crippen molar-refractivity contribution in [3.63, 3.8) is 0 Å². The zero-order chi connectivity index (χ0) is 97.0. The highest BCUT2D eigenvalue weighted by molar-refractivity contribution is 7.25. The summed E-state index contributed by atoms with van der Waals surface area (Å²) in [5.74, 6) is 0. The highest BCUT2D eigenvalue weighted by Gasteiger charge is 2.26. The minimum Gasteiger partial charge on any atom is -0.456 e. The van der Waals surface area contributed by atoms with Crippen molar-refractivity contribution in [3.8, 4) is 111 Å². The van der Waals surface area contributed by atoms with Crippen LogP contribution < -0.4 is 19.6 Å². The van der Waals surface area contributed by atoms with E-state index in [1.165, 1.54) is 114 Å². The van der Waals surface area contributed by atoms with E-state index in [0.717, 1.165) is 129 Å². The number of fused-ring (bicyclic) bond motifs is 8. The molecule has 0 saturated heterocycles. The molecule has 688 valence electrons. The van der Waals surface area contributed by atoms with Gasteiger partial charge in [0.15, 0.2) is 0 Å². The molecule has 0 aliphatic carbocycles. The van der Waals surface area contributed by atoms with E-state index in [4.69, 9.17) is 4.42 Å². The third-order valence-corrected chi connectivity index (χ3v) is 29.2. The summed E-state index contributed by atoms with van der Waals surface area (Å²) in [5.41, 5.74) is 37.7. The van der Waals surface area contributed by atoms with Gasteiger partial charge in [-0.25, -0.2) is 0 Å². The molecule has 6 heteroatoms. The molecule has 0 saturated carbocycles. The minimum atomic E-state index is 0.891. The SMILES string of the molecule is c1ccc(-c2ccc(N(c3ccc(-c4ccccc4)cc3)c3cc(-c4ccc5ccccc5c4)cc(N(c4ccc(-c5ccccc5)cc4)c4ccc(-c5ccc6oc7ccccc7c6c5)cc4)c3)cc2)cc1.c1ccc(-c2ccc(N(c3ccc(-c4ccccc4)cc3)c3cc(-c4ccc5ccccc5c4)cc(N(c4ccc(-c5ccccc5)cc4)c4ccc(-c5ccc6sc7ccccc7c6c5)cc4)c3)cc2)cc1. The molecule has 0 radical (unpaired) electrons. The second-order valence-electron chi connectivity index (χ2n) is 37.1. The normalized spacial score (nSPS) is 11.3. The molecule has 0 spiro atoms. The van der Waals surface area contributed by atoms with Crippen LogP contribution in [0.5, 0.6) is 0 Å². The number of hydrogen-bond donors (Lipinski definition) is 0. The van der Waals surface area contributed by atoms with Crippen molar-refractivity contribution in [2.45, 2.75) is 0 Å². The Balaban J connectivity index is 0.000000152. The summed E-state index contributed by atoms with van der Waals surface area (Å²) in [6, 6.07) is 211. The fourth-order valence-corrected chi connectivity index (χ4v) is 21.7. The Morgan fingerprint density at radius 3 is 0.658 bits per heavy atom. The summed E-state index contributed by atoms with van der Waals surface area (Å²) in [5, 5.41) is 9.67. The molecule has 146 heavy (non-hydrogen) atoms. The highest BCUT2D eigenvalue weighted by atomic mass is 32.1. The molecule has 0 unspecified atom stereocenters. The van der Waals surface area contributed by atoms with Gasteiger partial charge in [-0.1, -0.05) is 400 Å². The number of anilines is 12. The lowest BCUT2D eigenvalue weighted by Crippen LogP contribution is -2.13. The molecule has 0 N–H and O–H groups in total. The van der Waals surface area contributed by atoms with Gasteiger partial charge in [-0.15, -0.1) is 11.3 Å². The molecular weight excluding hydrogens is 1790 g/mol. The van der Waals surface area contributed by atoms with Gasteiger partial charge in [0.2, 0.25) is 0 Å². The maximum atomic E-state index is 6.21. The van der Waals surface area contributed by atoms with Gasteiger partial charge in [-0.3, -0.25) is 0 Å². The lowest BCUT2D eigenvalue weighted by molar-refractivity contribution is 0.669. The molecule has 26 aromatic rings. The monoisotopic (exact) mass is 1880 g/mol. The number of para-hydroxylation sites is 1. The third kappa shape index (κ3) is 18.2. The van der Waals surface area contributed by atoms with E-state index in [0.29, 0.717) is 0 Å². The second kappa shape index (κ2) is 39.6. The first kappa shape index (κ1) is 88.4. The number of furan rings is 1. The average molecular weight is 1880 g/mol. The van der Waals surface area contributed by atoms with Crippen molar-refractivity contribution in [3.05, 3.63) is 582 Å². The van der Waals surface area contributed by atoms with Crippen LogP contribution in [0.1, 0.15) is 0 Å². The maximum Gasteiger partial charge on any atom is 0.135 e. The molecule has 0 aliphatic heterocycles. The molecule has 0 amide bonds. The standard InChI is InChI=1S/C70H48N2O.C70H48N2S/c2*1-4-14-49(15-5-1)53-26-35-61(36-27-53)71(62-37-28-54(29-38-62)50-16-6-2-7-17-50)65-45-60(58-25-24-52-20-10-11-21-57(52)44-58)46-66(48-65)72(63-39-30-55(31-40-63)51-18-8-3-9-19-51)64-41-32-56(33-42-64)59-34-43-70-68(47-59)67-22-12-13-23-69(67)73-70/h2*1-48H. The Hall–Kier alpha value is -19.0. The van der Waals surface area contributed by atoms with Crippen LogP contribution in [0.25, 0.3) is 175 Å². The Labute approximate surface area is 854 Å². The molecule has 0 fully saturated rings.